The quantitative estimate of drug-likeness (QED) is 0.816. The van der Waals surface area contributed by atoms with Crippen molar-refractivity contribution in [3.05, 3.63) is 15.5 Å². The summed E-state index contributed by atoms with van der Waals surface area (Å²) in [4.78, 5) is 4.24. The molecule has 1 saturated carbocycles. The molecule has 1 aromatic heterocycles. The van der Waals surface area contributed by atoms with Crippen LogP contribution >= 0.6 is 22.9 Å². The van der Waals surface area contributed by atoms with Crippen molar-refractivity contribution in [3.8, 4) is 0 Å². The summed E-state index contributed by atoms with van der Waals surface area (Å²) < 4.78 is 0.780. The van der Waals surface area contributed by atoms with Crippen LogP contribution in [0.25, 0.3) is 0 Å². The van der Waals surface area contributed by atoms with Gasteiger partial charge < -0.3 is 5.32 Å². The summed E-state index contributed by atoms with van der Waals surface area (Å²) in [6, 6.07) is 0. The summed E-state index contributed by atoms with van der Waals surface area (Å²) in [6.07, 6.45) is 8.74. The molecule has 17 heavy (non-hydrogen) atoms. The molecule has 1 fully saturated rings. The summed E-state index contributed by atoms with van der Waals surface area (Å²) in [7, 11) is 0. The second-order valence-electron chi connectivity index (χ2n) is 5.16. The second kappa shape index (κ2) is 6.72. The highest BCUT2D eigenvalue weighted by Crippen LogP contribution is 2.30. The van der Waals surface area contributed by atoms with Crippen LogP contribution in [0, 0.1) is 11.8 Å². The SMILES string of the molecule is CC1CCCC(CCNCc2ncc(Cl)s2)C1. The first-order chi connectivity index (χ1) is 8.24. The molecule has 1 aliphatic rings. The minimum Gasteiger partial charge on any atom is -0.310 e. The molecule has 1 aromatic rings. The van der Waals surface area contributed by atoms with Gasteiger partial charge in [-0.05, 0) is 31.2 Å². The van der Waals surface area contributed by atoms with E-state index in [-0.39, 0.29) is 0 Å². The van der Waals surface area contributed by atoms with Gasteiger partial charge in [0, 0.05) is 6.54 Å². The van der Waals surface area contributed by atoms with Gasteiger partial charge in [0.25, 0.3) is 0 Å². The Labute approximate surface area is 113 Å². The lowest BCUT2D eigenvalue weighted by atomic mass is 9.81. The summed E-state index contributed by atoms with van der Waals surface area (Å²) in [5.74, 6) is 1.87. The van der Waals surface area contributed by atoms with Crippen LogP contribution in [-0.2, 0) is 6.54 Å². The Kier molecular flexibility index (Phi) is 5.26. The van der Waals surface area contributed by atoms with Crippen LogP contribution in [0.4, 0.5) is 0 Å². The smallest absolute Gasteiger partial charge is 0.113 e. The van der Waals surface area contributed by atoms with Gasteiger partial charge in [-0.1, -0.05) is 37.8 Å². The number of aromatic nitrogens is 1. The summed E-state index contributed by atoms with van der Waals surface area (Å²) in [5.41, 5.74) is 0. The average molecular weight is 273 g/mol. The first-order valence-electron chi connectivity index (χ1n) is 6.55. The Bertz CT molecular complexity index is 340. The Morgan fingerprint density at radius 3 is 3.12 bits per heavy atom. The Hall–Kier alpha value is -0.120. The van der Waals surface area contributed by atoms with Crippen LogP contribution in [-0.4, -0.2) is 11.5 Å². The summed E-state index contributed by atoms with van der Waals surface area (Å²) in [6.45, 7) is 4.35. The Morgan fingerprint density at radius 2 is 2.41 bits per heavy atom. The first-order valence-corrected chi connectivity index (χ1v) is 7.74. The average Bonchev–Trinajstić information content (AvgIpc) is 2.71. The molecule has 1 N–H and O–H groups in total. The molecule has 0 bridgehead atoms. The predicted molar refractivity (Wildman–Crippen MR) is 74.6 cm³/mol. The normalized spacial score (nSPS) is 25.1. The number of hydrogen-bond acceptors (Lipinski definition) is 3. The van der Waals surface area contributed by atoms with Crippen LogP contribution in [0.15, 0.2) is 6.20 Å². The molecule has 0 saturated heterocycles. The van der Waals surface area contributed by atoms with Crippen LogP contribution in [0.3, 0.4) is 0 Å². The molecule has 1 aliphatic carbocycles. The third-order valence-corrected chi connectivity index (χ3v) is 4.69. The highest BCUT2D eigenvalue weighted by molar-refractivity contribution is 7.15. The zero-order valence-electron chi connectivity index (χ0n) is 10.4. The van der Waals surface area contributed by atoms with Gasteiger partial charge in [-0.15, -0.1) is 11.3 Å². The highest BCUT2D eigenvalue weighted by atomic mass is 35.5. The molecule has 0 radical (unpaired) electrons. The van der Waals surface area contributed by atoms with Gasteiger partial charge in [-0.25, -0.2) is 4.98 Å². The molecule has 96 valence electrons. The number of thiazole rings is 1. The van der Waals surface area contributed by atoms with E-state index in [4.69, 9.17) is 11.6 Å². The van der Waals surface area contributed by atoms with Crippen molar-refractivity contribution < 1.29 is 0 Å². The number of rotatable bonds is 5. The van der Waals surface area contributed by atoms with Crippen LogP contribution < -0.4 is 5.32 Å². The van der Waals surface area contributed by atoms with Crippen molar-refractivity contribution in [2.75, 3.05) is 6.54 Å². The zero-order valence-corrected chi connectivity index (χ0v) is 12.0. The van der Waals surface area contributed by atoms with E-state index < -0.39 is 0 Å². The second-order valence-corrected chi connectivity index (χ2v) is 6.91. The van der Waals surface area contributed by atoms with E-state index in [1.165, 1.54) is 32.1 Å². The van der Waals surface area contributed by atoms with Gasteiger partial charge in [-0.2, -0.15) is 0 Å². The molecule has 0 aliphatic heterocycles. The third kappa shape index (κ3) is 4.57. The zero-order chi connectivity index (χ0) is 12.1. The number of nitrogens with one attached hydrogen (secondary N) is 1. The Balaban J connectivity index is 1.59. The molecular formula is C13H21ClN2S. The summed E-state index contributed by atoms with van der Waals surface area (Å²) >= 11 is 7.41. The van der Waals surface area contributed by atoms with Gasteiger partial charge in [0.05, 0.1) is 6.20 Å². The van der Waals surface area contributed by atoms with Gasteiger partial charge in [0.2, 0.25) is 0 Å². The van der Waals surface area contributed by atoms with Gasteiger partial charge in [0.15, 0.2) is 0 Å². The van der Waals surface area contributed by atoms with E-state index in [0.29, 0.717) is 0 Å². The fourth-order valence-corrected chi connectivity index (χ4v) is 3.62. The van der Waals surface area contributed by atoms with E-state index in [9.17, 15) is 0 Å². The molecule has 0 amide bonds. The molecule has 2 rings (SSSR count). The predicted octanol–water partition coefficient (Wildman–Crippen LogP) is 4.10. The summed E-state index contributed by atoms with van der Waals surface area (Å²) in [5, 5.41) is 4.56. The lowest BCUT2D eigenvalue weighted by Gasteiger charge is -2.26. The van der Waals surface area contributed by atoms with Crippen molar-refractivity contribution in [2.45, 2.75) is 45.6 Å². The van der Waals surface area contributed by atoms with Gasteiger partial charge >= 0.3 is 0 Å². The van der Waals surface area contributed by atoms with Crippen molar-refractivity contribution >= 4 is 22.9 Å². The van der Waals surface area contributed by atoms with E-state index in [1.807, 2.05) is 0 Å². The maximum atomic E-state index is 5.84. The van der Waals surface area contributed by atoms with E-state index >= 15 is 0 Å². The number of halogens is 1. The maximum absolute atomic E-state index is 5.84. The third-order valence-electron chi connectivity index (χ3n) is 3.58. The standard InChI is InChI=1S/C13H21ClN2S/c1-10-3-2-4-11(7-10)5-6-15-9-13-16-8-12(14)17-13/h8,10-11,15H,2-7,9H2,1H3. The molecule has 2 unspecified atom stereocenters. The van der Waals surface area contributed by atoms with Crippen molar-refractivity contribution in [1.82, 2.24) is 10.3 Å². The number of nitrogens with zero attached hydrogens (tertiary/aromatic N) is 1. The minimum absolute atomic E-state index is 0.780. The van der Waals surface area contributed by atoms with Crippen LogP contribution in [0.1, 0.15) is 44.0 Å². The highest BCUT2D eigenvalue weighted by Gasteiger charge is 2.18. The maximum Gasteiger partial charge on any atom is 0.113 e. The van der Waals surface area contributed by atoms with Crippen LogP contribution in [0.5, 0.6) is 0 Å². The largest absolute Gasteiger partial charge is 0.310 e. The topological polar surface area (TPSA) is 24.9 Å². The van der Waals surface area contributed by atoms with E-state index in [2.05, 4.69) is 17.2 Å². The van der Waals surface area contributed by atoms with Crippen LogP contribution in [0.2, 0.25) is 4.34 Å². The van der Waals surface area contributed by atoms with Crippen molar-refractivity contribution in [1.29, 1.82) is 0 Å². The monoisotopic (exact) mass is 272 g/mol. The molecule has 2 atom stereocenters. The molecular weight excluding hydrogens is 252 g/mol. The van der Waals surface area contributed by atoms with E-state index in [1.54, 1.807) is 17.5 Å². The van der Waals surface area contributed by atoms with E-state index in [0.717, 1.165) is 34.3 Å². The molecule has 0 spiro atoms. The molecule has 0 aromatic carbocycles. The fourth-order valence-electron chi connectivity index (χ4n) is 2.69. The van der Waals surface area contributed by atoms with Gasteiger partial charge in [-0.3, -0.25) is 0 Å². The lowest BCUT2D eigenvalue weighted by molar-refractivity contribution is 0.267. The lowest BCUT2D eigenvalue weighted by Crippen LogP contribution is -2.21. The first kappa shape index (κ1) is 13.3. The number of hydrogen-bond donors (Lipinski definition) is 1. The fraction of sp³-hybridized carbons (Fsp3) is 0.769. The Morgan fingerprint density at radius 1 is 1.53 bits per heavy atom. The van der Waals surface area contributed by atoms with Crippen molar-refractivity contribution in [2.24, 2.45) is 11.8 Å². The molecule has 1 heterocycles. The van der Waals surface area contributed by atoms with Crippen molar-refractivity contribution in [3.63, 3.8) is 0 Å². The minimum atomic E-state index is 0.780. The van der Waals surface area contributed by atoms with Gasteiger partial charge in [0.1, 0.15) is 9.34 Å². The molecule has 4 heteroatoms. The molecule has 2 nitrogen and oxygen atoms in total.